The van der Waals surface area contributed by atoms with Gasteiger partial charge < -0.3 is 4.90 Å². The van der Waals surface area contributed by atoms with Crippen LogP contribution >= 0.6 is 11.3 Å². The smallest absolute Gasteiger partial charge is 0.339 e. The lowest BCUT2D eigenvalue weighted by Crippen LogP contribution is -2.33. The number of hydrogen-bond acceptors (Lipinski definition) is 3. The molecule has 1 atom stereocenters. The molecule has 1 aliphatic rings. The van der Waals surface area contributed by atoms with Crippen LogP contribution in [0, 0.1) is 5.92 Å². The standard InChI is InChI=1S/C13H15F3N2OS/c1-18(12(19)9-5-3-2-4-6-9)7-11-17-10(8-20-11)13(14,15)16/h2-3,8-9H,4-7H2,1H3/t9-/m0/s1. The van der Waals surface area contributed by atoms with Crippen molar-refractivity contribution in [3.05, 3.63) is 28.2 Å². The first kappa shape index (κ1) is 15.0. The molecule has 110 valence electrons. The molecule has 20 heavy (non-hydrogen) atoms. The van der Waals surface area contributed by atoms with Crippen LogP contribution in [0.15, 0.2) is 17.5 Å². The van der Waals surface area contributed by atoms with E-state index in [0.717, 1.165) is 29.6 Å². The number of thiazole rings is 1. The van der Waals surface area contributed by atoms with E-state index in [4.69, 9.17) is 0 Å². The maximum atomic E-state index is 12.4. The zero-order valence-electron chi connectivity index (χ0n) is 11.0. The lowest BCUT2D eigenvalue weighted by molar-refractivity contribution is -0.140. The van der Waals surface area contributed by atoms with Gasteiger partial charge in [-0.15, -0.1) is 11.3 Å². The van der Waals surface area contributed by atoms with E-state index in [1.165, 1.54) is 4.90 Å². The topological polar surface area (TPSA) is 33.2 Å². The number of hydrogen-bond donors (Lipinski definition) is 0. The van der Waals surface area contributed by atoms with Crippen molar-refractivity contribution in [3.8, 4) is 0 Å². The Kier molecular flexibility index (Phi) is 4.47. The fourth-order valence-corrected chi connectivity index (χ4v) is 2.98. The molecular formula is C13H15F3N2OS. The van der Waals surface area contributed by atoms with Crippen LogP contribution in [0.2, 0.25) is 0 Å². The quantitative estimate of drug-likeness (QED) is 0.801. The number of rotatable bonds is 3. The Balaban J connectivity index is 1.97. The first-order valence-electron chi connectivity index (χ1n) is 6.29. The van der Waals surface area contributed by atoms with Gasteiger partial charge in [0.15, 0.2) is 5.69 Å². The molecule has 1 heterocycles. The van der Waals surface area contributed by atoms with Gasteiger partial charge in [-0.05, 0) is 19.3 Å². The zero-order chi connectivity index (χ0) is 14.8. The fourth-order valence-electron chi connectivity index (χ4n) is 2.12. The Labute approximate surface area is 119 Å². The Morgan fingerprint density at radius 3 is 2.80 bits per heavy atom. The van der Waals surface area contributed by atoms with E-state index in [1.54, 1.807) is 7.05 Å². The molecule has 0 aromatic carbocycles. The van der Waals surface area contributed by atoms with E-state index in [0.29, 0.717) is 11.4 Å². The molecule has 1 aromatic rings. The van der Waals surface area contributed by atoms with Crippen LogP contribution in [0.3, 0.4) is 0 Å². The number of amides is 1. The van der Waals surface area contributed by atoms with Crippen molar-refractivity contribution in [1.82, 2.24) is 9.88 Å². The molecule has 1 aliphatic carbocycles. The molecule has 0 fully saturated rings. The minimum atomic E-state index is -4.43. The van der Waals surface area contributed by atoms with Gasteiger partial charge in [0.1, 0.15) is 5.01 Å². The van der Waals surface area contributed by atoms with Crippen LogP contribution in [0.1, 0.15) is 30.0 Å². The number of alkyl halides is 3. The summed E-state index contributed by atoms with van der Waals surface area (Å²) < 4.78 is 37.3. The Morgan fingerprint density at radius 2 is 2.25 bits per heavy atom. The summed E-state index contributed by atoms with van der Waals surface area (Å²) in [6.07, 6.45) is 1.97. The van der Waals surface area contributed by atoms with Crippen LogP contribution in [0.4, 0.5) is 13.2 Å². The van der Waals surface area contributed by atoms with Crippen LogP contribution in [-0.2, 0) is 17.5 Å². The number of halogens is 3. The van der Waals surface area contributed by atoms with Crippen molar-refractivity contribution in [1.29, 1.82) is 0 Å². The summed E-state index contributed by atoms with van der Waals surface area (Å²) in [5, 5.41) is 1.29. The molecule has 0 radical (unpaired) electrons. The zero-order valence-corrected chi connectivity index (χ0v) is 11.8. The fraction of sp³-hybridized carbons (Fsp3) is 0.538. The highest BCUT2D eigenvalue weighted by Crippen LogP contribution is 2.30. The summed E-state index contributed by atoms with van der Waals surface area (Å²) in [5.41, 5.74) is -0.890. The van der Waals surface area contributed by atoms with E-state index in [9.17, 15) is 18.0 Å². The van der Waals surface area contributed by atoms with Crippen molar-refractivity contribution in [2.75, 3.05) is 7.05 Å². The average Bonchev–Trinajstić information content (AvgIpc) is 2.87. The van der Waals surface area contributed by atoms with Gasteiger partial charge in [-0.3, -0.25) is 4.79 Å². The van der Waals surface area contributed by atoms with Gasteiger partial charge in [-0.2, -0.15) is 13.2 Å². The molecule has 1 amide bonds. The highest BCUT2D eigenvalue weighted by atomic mass is 32.1. The van der Waals surface area contributed by atoms with Crippen LogP contribution < -0.4 is 0 Å². The number of nitrogens with zero attached hydrogens (tertiary/aromatic N) is 2. The third-order valence-corrected chi connectivity index (χ3v) is 4.04. The summed E-state index contributed by atoms with van der Waals surface area (Å²) in [7, 11) is 1.61. The SMILES string of the molecule is CN(Cc1nc(C(F)(F)F)cs1)C(=O)[C@H]1CC=CCC1. The van der Waals surface area contributed by atoms with E-state index < -0.39 is 11.9 Å². The third-order valence-electron chi connectivity index (χ3n) is 3.21. The van der Waals surface area contributed by atoms with E-state index >= 15 is 0 Å². The van der Waals surface area contributed by atoms with Gasteiger partial charge >= 0.3 is 6.18 Å². The number of allylic oxidation sites excluding steroid dienone is 2. The lowest BCUT2D eigenvalue weighted by atomic mass is 9.93. The van der Waals surface area contributed by atoms with Crippen molar-refractivity contribution in [3.63, 3.8) is 0 Å². The molecule has 0 spiro atoms. The van der Waals surface area contributed by atoms with Crippen molar-refractivity contribution in [2.45, 2.75) is 32.0 Å². The van der Waals surface area contributed by atoms with Gasteiger partial charge in [-0.25, -0.2) is 4.98 Å². The molecule has 1 aromatic heterocycles. The second-order valence-corrected chi connectivity index (χ2v) is 5.74. The first-order valence-corrected chi connectivity index (χ1v) is 7.17. The molecular weight excluding hydrogens is 289 g/mol. The molecule has 0 unspecified atom stereocenters. The Bertz CT molecular complexity index is 510. The summed E-state index contributed by atoms with van der Waals surface area (Å²) in [6, 6.07) is 0. The number of aromatic nitrogens is 1. The summed E-state index contributed by atoms with van der Waals surface area (Å²) in [4.78, 5) is 17.1. The monoisotopic (exact) mass is 304 g/mol. The first-order chi connectivity index (χ1) is 9.38. The van der Waals surface area contributed by atoms with Crippen LogP contribution in [0.5, 0.6) is 0 Å². The average molecular weight is 304 g/mol. The lowest BCUT2D eigenvalue weighted by Gasteiger charge is -2.23. The minimum Gasteiger partial charge on any atom is -0.339 e. The highest BCUT2D eigenvalue weighted by molar-refractivity contribution is 7.09. The normalized spacial score (nSPS) is 19.1. The molecule has 0 saturated carbocycles. The predicted octanol–water partition coefficient (Wildman–Crippen LogP) is 3.48. The second kappa shape index (κ2) is 5.95. The van der Waals surface area contributed by atoms with Crippen molar-refractivity contribution in [2.24, 2.45) is 5.92 Å². The molecule has 2 rings (SSSR count). The maximum Gasteiger partial charge on any atom is 0.434 e. The molecule has 7 heteroatoms. The molecule has 0 aliphatic heterocycles. The van der Waals surface area contributed by atoms with E-state index in [-0.39, 0.29) is 18.4 Å². The van der Waals surface area contributed by atoms with Crippen molar-refractivity contribution < 1.29 is 18.0 Å². The van der Waals surface area contributed by atoms with E-state index in [2.05, 4.69) is 4.98 Å². The van der Waals surface area contributed by atoms with Crippen molar-refractivity contribution >= 4 is 17.2 Å². The number of carbonyl (C=O) groups is 1. The van der Waals surface area contributed by atoms with Gasteiger partial charge in [0, 0.05) is 18.3 Å². The summed E-state index contributed by atoms with van der Waals surface area (Å²) in [5.74, 6) is -0.0924. The molecule has 0 saturated heterocycles. The molecule has 0 bridgehead atoms. The molecule has 0 N–H and O–H groups in total. The summed E-state index contributed by atoms with van der Waals surface area (Å²) in [6.45, 7) is 0.125. The Hall–Kier alpha value is -1.37. The van der Waals surface area contributed by atoms with Gasteiger partial charge in [-0.1, -0.05) is 12.2 Å². The minimum absolute atomic E-state index is 0.0295. The highest BCUT2D eigenvalue weighted by Gasteiger charge is 2.34. The second-order valence-electron chi connectivity index (χ2n) is 4.80. The van der Waals surface area contributed by atoms with Gasteiger partial charge in [0.05, 0.1) is 6.54 Å². The third kappa shape index (κ3) is 3.59. The van der Waals surface area contributed by atoms with Gasteiger partial charge in [0.25, 0.3) is 0 Å². The maximum absolute atomic E-state index is 12.4. The Morgan fingerprint density at radius 1 is 1.50 bits per heavy atom. The summed E-state index contributed by atoms with van der Waals surface area (Å²) >= 11 is 0.930. The van der Waals surface area contributed by atoms with Crippen LogP contribution in [-0.4, -0.2) is 22.8 Å². The van der Waals surface area contributed by atoms with E-state index in [1.807, 2.05) is 12.2 Å². The predicted molar refractivity (Wildman–Crippen MR) is 70.1 cm³/mol. The largest absolute Gasteiger partial charge is 0.434 e. The van der Waals surface area contributed by atoms with Gasteiger partial charge in [0.2, 0.25) is 5.91 Å². The molecule has 3 nitrogen and oxygen atoms in total. The van der Waals surface area contributed by atoms with Crippen LogP contribution in [0.25, 0.3) is 0 Å². The number of carbonyl (C=O) groups excluding carboxylic acids is 1.